The van der Waals surface area contributed by atoms with Gasteiger partial charge >= 0.3 is 11.8 Å². The molecule has 6 heteroatoms. The van der Waals surface area contributed by atoms with E-state index in [0.29, 0.717) is 11.4 Å². The number of hydrogen-bond acceptors (Lipinski definition) is 4. The summed E-state index contributed by atoms with van der Waals surface area (Å²) in [5.41, 5.74) is 2.93. The highest BCUT2D eigenvalue weighted by molar-refractivity contribution is 6.39. The van der Waals surface area contributed by atoms with Gasteiger partial charge in [-0.15, -0.1) is 0 Å². The molecule has 24 heavy (non-hydrogen) atoms. The van der Waals surface area contributed by atoms with Crippen LogP contribution in [0.3, 0.4) is 0 Å². The molecule has 128 valence electrons. The Morgan fingerprint density at radius 1 is 1.12 bits per heavy atom. The van der Waals surface area contributed by atoms with E-state index in [-0.39, 0.29) is 6.61 Å². The molecule has 0 fully saturated rings. The van der Waals surface area contributed by atoms with Gasteiger partial charge in [0.25, 0.3) is 0 Å². The zero-order valence-corrected chi connectivity index (χ0v) is 13.8. The smallest absolute Gasteiger partial charge is 0.313 e. The highest BCUT2D eigenvalue weighted by Gasteiger charge is 2.21. The minimum atomic E-state index is -0.830. The summed E-state index contributed by atoms with van der Waals surface area (Å²) in [5.74, 6) is -1.23. The van der Waals surface area contributed by atoms with Crippen molar-refractivity contribution in [2.75, 3.05) is 11.9 Å². The Labute approximate surface area is 140 Å². The molecule has 0 saturated carbocycles. The summed E-state index contributed by atoms with van der Waals surface area (Å²) in [6.07, 6.45) is 3.20. The van der Waals surface area contributed by atoms with Crippen molar-refractivity contribution in [1.29, 1.82) is 0 Å². The van der Waals surface area contributed by atoms with Crippen molar-refractivity contribution in [3.05, 3.63) is 53.5 Å². The average Bonchev–Trinajstić information content (AvgIpc) is 3.13. The molecule has 6 nitrogen and oxygen atoms in total. The summed E-state index contributed by atoms with van der Waals surface area (Å²) < 4.78 is 5.13. The van der Waals surface area contributed by atoms with Crippen LogP contribution < -0.4 is 10.6 Å². The third-order valence-electron chi connectivity index (χ3n) is 3.81. The largest absolute Gasteiger partial charge is 0.467 e. The second-order valence-corrected chi connectivity index (χ2v) is 5.37. The van der Waals surface area contributed by atoms with Crippen LogP contribution in [0.2, 0.25) is 0 Å². The molecule has 0 radical (unpaired) electrons. The van der Waals surface area contributed by atoms with Gasteiger partial charge in [0, 0.05) is 5.69 Å². The molecule has 0 saturated heterocycles. The zero-order chi connectivity index (χ0) is 17.5. The van der Waals surface area contributed by atoms with Crippen molar-refractivity contribution < 1.29 is 19.1 Å². The Kier molecular flexibility index (Phi) is 6.14. The maximum atomic E-state index is 12.1. The summed E-state index contributed by atoms with van der Waals surface area (Å²) in [7, 11) is 0. The van der Waals surface area contributed by atoms with E-state index in [2.05, 4.69) is 17.6 Å². The number of aryl methyl sites for hydroxylation is 2. The molecule has 2 rings (SSSR count). The topological polar surface area (TPSA) is 91.6 Å². The van der Waals surface area contributed by atoms with Gasteiger partial charge in [0.15, 0.2) is 0 Å². The standard InChI is InChI=1S/C18H22N2O4/c1-3-12-7-8-14(10-13(12)4-2)19-17(22)18(23)20-15(11-21)16-6-5-9-24-16/h5-10,15,21H,3-4,11H2,1-2H3,(H,19,22)(H,20,23). The normalized spacial score (nSPS) is 11.8. The van der Waals surface area contributed by atoms with E-state index >= 15 is 0 Å². The van der Waals surface area contributed by atoms with Crippen LogP contribution >= 0.6 is 0 Å². The van der Waals surface area contributed by atoms with E-state index in [4.69, 9.17) is 4.42 Å². The minimum Gasteiger partial charge on any atom is -0.467 e. The molecule has 1 atom stereocenters. The van der Waals surface area contributed by atoms with E-state index in [9.17, 15) is 14.7 Å². The summed E-state index contributed by atoms with van der Waals surface area (Å²) >= 11 is 0. The van der Waals surface area contributed by atoms with Crippen LogP contribution in [-0.4, -0.2) is 23.5 Å². The molecular formula is C18H22N2O4. The van der Waals surface area contributed by atoms with E-state index in [1.54, 1.807) is 18.2 Å². The van der Waals surface area contributed by atoms with Crippen LogP contribution in [0.15, 0.2) is 41.0 Å². The van der Waals surface area contributed by atoms with Crippen molar-refractivity contribution in [1.82, 2.24) is 5.32 Å². The van der Waals surface area contributed by atoms with Crippen LogP contribution in [0.1, 0.15) is 36.8 Å². The van der Waals surface area contributed by atoms with Crippen molar-refractivity contribution >= 4 is 17.5 Å². The fourth-order valence-electron chi connectivity index (χ4n) is 2.49. The lowest BCUT2D eigenvalue weighted by molar-refractivity contribution is -0.136. The quantitative estimate of drug-likeness (QED) is 0.708. The monoisotopic (exact) mass is 330 g/mol. The molecule has 1 unspecified atom stereocenters. The van der Waals surface area contributed by atoms with Crippen molar-refractivity contribution in [3.63, 3.8) is 0 Å². The first kappa shape index (κ1) is 17.7. The summed E-state index contributed by atoms with van der Waals surface area (Å²) in [5, 5.41) is 14.4. The van der Waals surface area contributed by atoms with E-state index < -0.39 is 17.9 Å². The molecule has 0 spiro atoms. The van der Waals surface area contributed by atoms with Gasteiger partial charge in [-0.1, -0.05) is 19.9 Å². The Hall–Kier alpha value is -2.60. The fourth-order valence-corrected chi connectivity index (χ4v) is 2.49. The molecule has 0 aliphatic rings. The summed E-state index contributed by atoms with van der Waals surface area (Å²) in [4.78, 5) is 24.1. The van der Waals surface area contributed by atoms with Gasteiger partial charge in [-0.25, -0.2) is 0 Å². The molecule has 2 aromatic rings. The molecule has 0 aliphatic carbocycles. The number of carbonyl (C=O) groups is 2. The Morgan fingerprint density at radius 2 is 1.88 bits per heavy atom. The number of benzene rings is 1. The first-order valence-corrected chi connectivity index (χ1v) is 7.96. The SMILES string of the molecule is CCc1ccc(NC(=O)C(=O)NC(CO)c2ccco2)cc1CC. The van der Waals surface area contributed by atoms with Crippen LogP contribution in [0.4, 0.5) is 5.69 Å². The number of anilines is 1. The molecular weight excluding hydrogens is 308 g/mol. The molecule has 2 amide bonds. The summed E-state index contributed by atoms with van der Waals surface area (Å²) in [6, 6.07) is 8.11. The first-order chi connectivity index (χ1) is 11.6. The number of hydrogen-bond donors (Lipinski definition) is 3. The summed E-state index contributed by atoms with van der Waals surface area (Å²) in [6.45, 7) is 3.75. The predicted molar refractivity (Wildman–Crippen MR) is 90.5 cm³/mol. The third kappa shape index (κ3) is 4.23. The van der Waals surface area contributed by atoms with Gasteiger partial charge < -0.3 is 20.2 Å². The molecule has 3 N–H and O–H groups in total. The van der Waals surface area contributed by atoms with Gasteiger partial charge in [0.2, 0.25) is 0 Å². The van der Waals surface area contributed by atoms with Crippen molar-refractivity contribution in [3.8, 4) is 0 Å². The van der Waals surface area contributed by atoms with Gasteiger partial charge in [0.1, 0.15) is 11.8 Å². The van der Waals surface area contributed by atoms with Crippen molar-refractivity contribution in [2.45, 2.75) is 32.7 Å². The van der Waals surface area contributed by atoms with Crippen LogP contribution in [0, 0.1) is 0 Å². The number of rotatable bonds is 6. The third-order valence-corrected chi connectivity index (χ3v) is 3.81. The maximum absolute atomic E-state index is 12.1. The van der Waals surface area contributed by atoms with E-state index in [1.165, 1.54) is 11.8 Å². The molecule has 1 aromatic heterocycles. The second kappa shape index (κ2) is 8.31. The van der Waals surface area contributed by atoms with Gasteiger partial charge in [0.05, 0.1) is 12.9 Å². The lowest BCUT2D eigenvalue weighted by Gasteiger charge is -2.14. The lowest BCUT2D eigenvalue weighted by atomic mass is 10.0. The molecule has 1 heterocycles. The van der Waals surface area contributed by atoms with Crippen LogP contribution in [-0.2, 0) is 22.4 Å². The Morgan fingerprint density at radius 3 is 2.46 bits per heavy atom. The maximum Gasteiger partial charge on any atom is 0.313 e. The number of amides is 2. The Balaban J connectivity index is 2.02. The highest BCUT2D eigenvalue weighted by Crippen LogP contribution is 2.17. The van der Waals surface area contributed by atoms with E-state index in [1.807, 2.05) is 19.1 Å². The van der Waals surface area contributed by atoms with Crippen LogP contribution in [0.25, 0.3) is 0 Å². The number of carbonyl (C=O) groups excluding carboxylic acids is 2. The highest BCUT2D eigenvalue weighted by atomic mass is 16.3. The van der Waals surface area contributed by atoms with Gasteiger partial charge in [-0.2, -0.15) is 0 Å². The first-order valence-electron chi connectivity index (χ1n) is 7.96. The predicted octanol–water partition coefficient (Wildman–Crippen LogP) is 2.19. The van der Waals surface area contributed by atoms with Crippen molar-refractivity contribution in [2.24, 2.45) is 0 Å². The molecule has 1 aromatic carbocycles. The average molecular weight is 330 g/mol. The van der Waals surface area contributed by atoms with Gasteiger partial charge in [-0.3, -0.25) is 9.59 Å². The number of aliphatic hydroxyl groups is 1. The fraction of sp³-hybridized carbons (Fsp3) is 0.333. The molecule has 0 bridgehead atoms. The van der Waals surface area contributed by atoms with Crippen LogP contribution in [0.5, 0.6) is 0 Å². The number of furan rings is 1. The lowest BCUT2D eigenvalue weighted by Crippen LogP contribution is -2.38. The number of nitrogens with one attached hydrogen (secondary N) is 2. The van der Waals surface area contributed by atoms with E-state index in [0.717, 1.165) is 18.4 Å². The molecule has 0 aliphatic heterocycles. The zero-order valence-electron chi connectivity index (χ0n) is 13.8. The minimum absolute atomic E-state index is 0.363. The number of aliphatic hydroxyl groups excluding tert-OH is 1. The van der Waals surface area contributed by atoms with Gasteiger partial charge in [-0.05, 0) is 48.2 Å². The second-order valence-electron chi connectivity index (χ2n) is 5.37. The Bertz CT molecular complexity index is 695.